The van der Waals surface area contributed by atoms with E-state index in [9.17, 15) is 0 Å². The molecule has 0 fully saturated rings. The van der Waals surface area contributed by atoms with Crippen molar-refractivity contribution in [2.75, 3.05) is 0 Å². The maximum Gasteiger partial charge on any atom is 0.180 e. The smallest absolute Gasteiger partial charge is 0.180 e. The van der Waals surface area contributed by atoms with Crippen LogP contribution in [0.2, 0.25) is 0 Å². The van der Waals surface area contributed by atoms with Crippen molar-refractivity contribution >= 4 is 33.3 Å². The lowest BCUT2D eigenvalue weighted by molar-refractivity contribution is 0.659. The minimum absolute atomic E-state index is 0.334. The van der Waals surface area contributed by atoms with Gasteiger partial charge in [0, 0.05) is 21.9 Å². The number of benzene rings is 6. The van der Waals surface area contributed by atoms with Crippen LogP contribution in [0.1, 0.15) is 23.1 Å². The van der Waals surface area contributed by atoms with Crippen LogP contribution in [0.15, 0.2) is 173 Å². The van der Waals surface area contributed by atoms with E-state index in [0.29, 0.717) is 17.5 Å². The third kappa shape index (κ3) is 5.45. The molecule has 8 aromatic rings. The fraction of sp³-hybridized carbons (Fsp3) is 0.0233. The summed E-state index contributed by atoms with van der Waals surface area (Å²) in [6.07, 6.45) is 1.71. The quantitative estimate of drug-likeness (QED) is 0.198. The fourth-order valence-corrected chi connectivity index (χ4v) is 6.38. The zero-order valence-electron chi connectivity index (χ0n) is 26.4. The third-order valence-corrected chi connectivity index (χ3v) is 8.79. The number of hydrogen-bond donors (Lipinski definition) is 1. The predicted octanol–water partition coefficient (Wildman–Crippen LogP) is 9.90. The molecular formula is C43H29N5O. The predicted molar refractivity (Wildman–Crippen MR) is 197 cm³/mol. The molecule has 9 rings (SSSR count). The molecule has 0 amide bonds. The highest BCUT2D eigenvalue weighted by Gasteiger charge is 2.23. The second-order valence-corrected chi connectivity index (χ2v) is 11.9. The Morgan fingerprint density at radius 2 is 1.04 bits per heavy atom. The van der Waals surface area contributed by atoms with Crippen LogP contribution in [-0.4, -0.2) is 20.7 Å². The summed E-state index contributed by atoms with van der Waals surface area (Å²) in [4.78, 5) is 20.1. The van der Waals surface area contributed by atoms with E-state index in [1.807, 2.05) is 109 Å². The number of fused-ring (bicyclic) bond motifs is 3. The van der Waals surface area contributed by atoms with E-state index >= 15 is 0 Å². The summed E-state index contributed by atoms with van der Waals surface area (Å²) in [5, 5.41) is 5.86. The summed E-state index contributed by atoms with van der Waals surface area (Å²) in [7, 11) is 0. The van der Waals surface area contributed by atoms with Gasteiger partial charge in [0.15, 0.2) is 17.5 Å². The first kappa shape index (κ1) is 28.6. The van der Waals surface area contributed by atoms with Gasteiger partial charge in [-0.25, -0.2) is 15.0 Å². The molecule has 6 nitrogen and oxygen atoms in total. The lowest BCUT2D eigenvalue weighted by Gasteiger charge is -2.24. The molecule has 0 saturated carbocycles. The van der Waals surface area contributed by atoms with Crippen LogP contribution in [0, 0.1) is 0 Å². The molecule has 0 radical (unpaired) electrons. The molecule has 0 spiro atoms. The minimum Gasteiger partial charge on any atom is -0.456 e. The number of rotatable bonds is 6. The number of aliphatic imine (C=N–C) groups is 1. The van der Waals surface area contributed by atoms with Crippen molar-refractivity contribution in [3.63, 3.8) is 0 Å². The van der Waals surface area contributed by atoms with Gasteiger partial charge in [-0.1, -0.05) is 146 Å². The molecule has 2 aromatic heterocycles. The Bertz CT molecular complexity index is 2450. The Morgan fingerprint density at radius 3 is 1.73 bits per heavy atom. The molecule has 3 heterocycles. The number of para-hydroxylation sites is 1. The van der Waals surface area contributed by atoms with Crippen molar-refractivity contribution in [3.05, 3.63) is 181 Å². The van der Waals surface area contributed by atoms with Gasteiger partial charge < -0.3 is 9.73 Å². The van der Waals surface area contributed by atoms with Gasteiger partial charge in [0.05, 0.1) is 11.4 Å². The van der Waals surface area contributed by atoms with Crippen molar-refractivity contribution in [1.29, 1.82) is 0 Å². The van der Waals surface area contributed by atoms with Crippen LogP contribution in [-0.2, 0) is 0 Å². The second kappa shape index (κ2) is 12.2. The van der Waals surface area contributed by atoms with Crippen LogP contribution in [0.3, 0.4) is 0 Å². The van der Waals surface area contributed by atoms with Gasteiger partial charge in [-0.2, -0.15) is 0 Å². The summed E-state index contributed by atoms with van der Waals surface area (Å²) in [6, 6.07) is 53.3. The van der Waals surface area contributed by atoms with Gasteiger partial charge in [0.1, 0.15) is 17.3 Å². The number of hydrogen-bond acceptors (Lipinski definition) is 6. The molecule has 6 aromatic carbocycles. The van der Waals surface area contributed by atoms with E-state index in [1.54, 1.807) is 0 Å². The lowest BCUT2D eigenvalue weighted by Crippen LogP contribution is -2.26. The first-order valence-electron chi connectivity index (χ1n) is 16.3. The summed E-state index contributed by atoms with van der Waals surface area (Å²) >= 11 is 0. The van der Waals surface area contributed by atoms with E-state index in [-0.39, 0.29) is 6.17 Å². The maximum absolute atomic E-state index is 6.16. The highest BCUT2D eigenvalue weighted by molar-refractivity contribution is 6.14. The third-order valence-electron chi connectivity index (χ3n) is 8.79. The Morgan fingerprint density at radius 1 is 0.469 bits per heavy atom. The molecule has 1 atom stereocenters. The van der Waals surface area contributed by atoms with Gasteiger partial charge in [0.2, 0.25) is 0 Å². The molecular weight excluding hydrogens is 603 g/mol. The summed E-state index contributed by atoms with van der Waals surface area (Å²) in [6.45, 7) is 0. The number of nitrogens with one attached hydrogen (secondary N) is 1. The van der Waals surface area contributed by atoms with Crippen LogP contribution < -0.4 is 5.32 Å². The topological polar surface area (TPSA) is 76.2 Å². The SMILES string of the molecule is C1=C(c2nc(-c3ccccc3)nc(-c3ccccc3)n2)NC(c2ccccc2)N=C1c1ccc(-c2cccc3oc4ccccc4c23)cc1. The van der Waals surface area contributed by atoms with Gasteiger partial charge >= 0.3 is 0 Å². The Labute approximate surface area is 283 Å². The summed E-state index contributed by atoms with van der Waals surface area (Å²) in [5.41, 5.74) is 9.50. The van der Waals surface area contributed by atoms with Gasteiger partial charge in [-0.3, -0.25) is 4.99 Å². The number of allylic oxidation sites excluding steroid dienone is 1. The van der Waals surface area contributed by atoms with E-state index < -0.39 is 0 Å². The minimum atomic E-state index is -0.334. The molecule has 1 aliphatic rings. The van der Waals surface area contributed by atoms with E-state index in [1.165, 1.54) is 0 Å². The van der Waals surface area contributed by atoms with Crippen LogP contribution in [0.4, 0.5) is 0 Å². The summed E-state index contributed by atoms with van der Waals surface area (Å²) < 4.78 is 6.16. The maximum atomic E-state index is 6.16. The molecule has 1 unspecified atom stereocenters. The Balaban J connectivity index is 1.15. The molecule has 1 N–H and O–H groups in total. The first-order chi connectivity index (χ1) is 24.3. The van der Waals surface area contributed by atoms with Crippen molar-refractivity contribution in [1.82, 2.24) is 20.3 Å². The standard InChI is InChI=1S/C43H29N5O/c1-4-13-30(14-5-1)40-44-35(29-25-23-28(24-26-29)33-20-12-22-38-39(33)34-19-10-11-21-37(34)49-38)27-36(45-40)43-47-41(31-15-6-2-7-16-31)46-42(48-43)32-17-8-3-9-18-32/h1-27,40,45H. The zero-order chi connectivity index (χ0) is 32.6. The molecule has 49 heavy (non-hydrogen) atoms. The van der Waals surface area contributed by atoms with E-state index in [2.05, 4.69) is 59.9 Å². The van der Waals surface area contributed by atoms with Crippen molar-refractivity contribution in [3.8, 4) is 33.9 Å². The van der Waals surface area contributed by atoms with Crippen molar-refractivity contribution < 1.29 is 4.42 Å². The number of furan rings is 1. The van der Waals surface area contributed by atoms with Crippen LogP contribution in [0.25, 0.3) is 61.5 Å². The summed E-state index contributed by atoms with van der Waals surface area (Å²) in [5.74, 6) is 1.77. The Kier molecular flexibility index (Phi) is 7.09. The molecule has 6 heteroatoms. The molecule has 232 valence electrons. The van der Waals surface area contributed by atoms with Crippen LogP contribution >= 0.6 is 0 Å². The van der Waals surface area contributed by atoms with Gasteiger partial charge in [-0.15, -0.1) is 0 Å². The molecule has 0 bridgehead atoms. The van der Waals surface area contributed by atoms with Crippen molar-refractivity contribution in [2.24, 2.45) is 4.99 Å². The fourth-order valence-electron chi connectivity index (χ4n) is 6.38. The highest BCUT2D eigenvalue weighted by Crippen LogP contribution is 2.37. The largest absolute Gasteiger partial charge is 0.456 e. The lowest BCUT2D eigenvalue weighted by atomic mass is 9.97. The van der Waals surface area contributed by atoms with Crippen molar-refractivity contribution in [2.45, 2.75) is 6.17 Å². The number of aromatic nitrogens is 3. The first-order valence-corrected chi connectivity index (χ1v) is 16.3. The normalized spacial score (nSPS) is 14.3. The monoisotopic (exact) mass is 631 g/mol. The van der Waals surface area contributed by atoms with E-state index in [4.69, 9.17) is 24.4 Å². The molecule has 1 aliphatic heterocycles. The van der Waals surface area contributed by atoms with Gasteiger partial charge in [-0.05, 0) is 40.5 Å². The van der Waals surface area contributed by atoms with Crippen LogP contribution in [0.5, 0.6) is 0 Å². The second-order valence-electron chi connectivity index (χ2n) is 11.9. The number of nitrogens with zero attached hydrogens (tertiary/aromatic N) is 4. The highest BCUT2D eigenvalue weighted by atomic mass is 16.3. The Hall–Kier alpha value is -6.66. The molecule has 0 aliphatic carbocycles. The zero-order valence-corrected chi connectivity index (χ0v) is 26.4. The molecule has 0 saturated heterocycles. The average molecular weight is 632 g/mol. The average Bonchev–Trinajstić information content (AvgIpc) is 3.58. The van der Waals surface area contributed by atoms with E-state index in [0.717, 1.165) is 66.7 Å². The van der Waals surface area contributed by atoms with Gasteiger partial charge in [0.25, 0.3) is 0 Å².